The van der Waals surface area contributed by atoms with Crippen LogP contribution in [0.15, 0.2) is 42.5 Å². The maximum Gasteiger partial charge on any atom is 0.229 e. The highest BCUT2D eigenvalue weighted by Crippen LogP contribution is 2.86. The Bertz CT molecular complexity index is 906. The van der Waals surface area contributed by atoms with E-state index in [0.717, 1.165) is 44.0 Å². The summed E-state index contributed by atoms with van der Waals surface area (Å²) in [6.07, 6.45) is 2.07. The molecule has 1 heterocycles. The summed E-state index contributed by atoms with van der Waals surface area (Å²) >= 11 is 6.18. The van der Waals surface area contributed by atoms with Crippen LogP contribution in [0.4, 0.5) is 5.69 Å². The number of piperazine rings is 1. The number of fused-ring (bicyclic) bond motifs is 1. The zero-order valence-corrected chi connectivity index (χ0v) is 16.7. The van der Waals surface area contributed by atoms with Crippen molar-refractivity contribution in [2.24, 2.45) is 5.41 Å². The Balaban J connectivity index is 1.25. The van der Waals surface area contributed by atoms with Crippen LogP contribution in [0.2, 0.25) is 5.02 Å². The Kier molecular flexibility index (Phi) is 3.64. The molecule has 2 saturated carbocycles. The minimum atomic E-state index is -0.0869. The van der Waals surface area contributed by atoms with Crippen LogP contribution in [0.25, 0.3) is 0 Å². The molecule has 4 heteroatoms. The van der Waals surface area contributed by atoms with Crippen LogP contribution in [0, 0.1) is 19.3 Å². The van der Waals surface area contributed by atoms with Gasteiger partial charge in [0.25, 0.3) is 0 Å². The van der Waals surface area contributed by atoms with Gasteiger partial charge in [-0.2, -0.15) is 0 Å². The van der Waals surface area contributed by atoms with E-state index in [1.807, 2.05) is 12.1 Å². The molecule has 27 heavy (non-hydrogen) atoms. The third kappa shape index (κ3) is 2.51. The van der Waals surface area contributed by atoms with Crippen molar-refractivity contribution in [3.05, 3.63) is 64.2 Å². The molecule has 2 aromatic carbocycles. The monoisotopic (exact) mass is 380 g/mol. The fourth-order valence-corrected chi connectivity index (χ4v) is 5.14. The van der Waals surface area contributed by atoms with Crippen molar-refractivity contribution in [1.82, 2.24) is 4.90 Å². The zero-order valence-electron chi connectivity index (χ0n) is 16.0. The van der Waals surface area contributed by atoms with E-state index >= 15 is 0 Å². The predicted octanol–water partition coefficient (Wildman–Crippen LogP) is 4.34. The van der Waals surface area contributed by atoms with Crippen molar-refractivity contribution in [3.63, 3.8) is 0 Å². The van der Waals surface area contributed by atoms with Crippen LogP contribution in [0.3, 0.4) is 0 Å². The molecular formula is C23H25ClN2O. The number of hydrogen-bond donors (Lipinski definition) is 0. The lowest BCUT2D eigenvalue weighted by atomic mass is 10.0. The lowest BCUT2D eigenvalue weighted by Gasteiger charge is -2.37. The highest BCUT2D eigenvalue weighted by molar-refractivity contribution is 6.30. The molecule has 3 aliphatic rings. The quantitative estimate of drug-likeness (QED) is 0.790. The number of anilines is 1. The van der Waals surface area contributed by atoms with Gasteiger partial charge < -0.3 is 9.80 Å². The smallest absolute Gasteiger partial charge is 0.229 e. The number of halogens is 1. The van der Waals surface area contributed by atoms with E-state index in [1.54, 1.807) is 0 Å². The van der Waals surface area contributed by atoms with E-state index in [4.69, 9.17) is 11.6 Å². The molecule has 0 unspecified atom stereocenters. The second kappa shape index (κ2) is 5.75. The lowest BCUT2D eigenvalue weighted by Crippen LogP contribution is -2.50. The SMILES string of the molecule is Cc1ccc(C23CC2(C(=O)N2CCN(c4cc(Cl)ccc4C)CC2)C3)cc1. The maximum absolute atomic E-state index is 13.2. The van der Waals surface area contributed by atoms with Crippen molar-refractivity contribution < 1.29 is 4.79 Å². The first-order chi connectivity index (χ1) is 12.9. The fourth-order valence-electron chi connectivity index (χ4n) is 4.98. The summed E-state index contributed by atoms with van der Waals surface area (Å²) in [5.41, 5.74) is 5.13. The Morgan fingerprint density at radius 2 is 1.63 bits per heavy atom. The van der Waals surface area contributed by atoms with Crippen molar-refractivity contribution >= 4 is 23.2 Å². The van der Waals surface area contributed by atoms with Gasteiger partial charge in [-0.05, 0) is 49.9 Å². The maximum atomic E-state index is 13.2. The van der Waals surface area contributed by atoms with Gasteiger partial charge in [0.1, 0.15) is 0 Å². The van der Waals surface area contributed by atoms with Gasteiger partial charge in [0.05, 0.1) is 5.41 Å². The standard InChI is InChI=1S/C23H25ClN2O/c1-16-3-6-18(7-4-16)22-14-23(22,15-22)21(27)26-11-9-25(10-12-26)20-13-19(24)8-5-17(20)2/h3-8,13H,9-12,14-15H2,1-2H3. The number of carbonyl (C=O) groups is 1. The molecule has 0 aromatic heterocycles. The number of nitrogens with zero attached hydrogens (tertiary/aromatic N) is 2. The Labute approximate surface area is 165 Å². The molecule has 140 valence electrons. The van der Waals surface area contributed by atoms with Gasteiger partial charge in [0.2, 0.25) is 5.91 Å². The summed E-state index contributed by atoms with van der Waals surface area (Å²) in [5.74, 6) is 0.380. The zero-order chi connectivity index (χ0) is 18.8. The molecule has 1 saturated heterocycles. The molecule has 0 N–H and O–H groups in total. The van der Waals surface area contributed by atoms with Gasteiger partial charge in [-0.15, -0.1) is 0 Å². The molecule has 0 spiro atoms. The molecule has 0 atom stereocenters. The Morgan fingerprint density at radius 1 is 0.963 bits per heavy atom. The summed E-state index contributed by atoms with van der Waals surface area (Å²) < 4.78 is 0. The van der Waals surface area contributed by atoms with Crippen molar-refractivity contribution in [2.45, 2.75) is 32.1 Å². The number of benzene rings is 2. The van der Waals surface area contributed by atoms with Crippen molar-refractivity contribution in [3.8, 4) is 0 Å². The van der Waals surface area contributed by atoms with E-state index in [2.05, 4.69) is 54.0 Å². The minimum Gasteiger partial charge on any atom is -0.368 e. The molecule has 3 nitrogen and oxygen atoms in total. The first-order valence-electron chi connectivity index (χ1n) is 9.83. The number of carbonyl (C=O) groups excluding carboxylic acids is 1. The van der Waals surface area contributed by atoms with Gasteiger partial charge in [-0.3, -0.25) is 4.79 Å². The average Bonchev–Trinajstić information content (AvgIpc) is 3.52. The van der Waals surface area contributed by atoms with E-state index in [1.165, 1.54) is 22.4 Å². The Morgan fingerprint density at radius 3 is 2.30 bits per heavy atom. The second-order valence-corrected chi connectivity index (χ2v) is 9.03. The van der Waals surface area contributed by atoms with Crippen LogP contribution in [0.1, 0.15) is 29.5 Å². The number of amides is 1. The fraction of sp³-hybridized carbons (Fsp3) is 0.435. The van der Waals surface area contributed by atoms with Gasteiger partial charge in [0.15, 0.2) is 0 Å². The van der Waals surface area contributed by atoms with Crippen molar-refractivity contribution in [1.29, 1.82) is 0 Å². The largest absolute Gasteiger partial charge is 0.368 e. The molecule has 5 rings (SSSR count). The predicted molar refractivity (Wildman–Crippen MR) is 110 cm³/mol. The number of hydrogen-bond acceptors (Lipinski definition) is 2. The first-order valence-corrected chi connectivity index (χ1v) is 10.2. The van der Waals surface area contributed by atoms with E-state index in [9.17, 15) is 4.79 Å². The summed E-state index contributed by atoms with van der Waals surface area (Å²) in [7, 11) is 0. The molecule has 3 fully saturated rings. The summed E-state index contributed by atoms with van der Waals surface area (Å²) in [6, 6.07) is 14.8. The lowest BCUT2D eigenvalue weighted by molar-refractivity contribution is -0.135. The van der Waals surface area contributed by atoms with E-state index in [0.29, 0.717) is 5.91 Å². The first kappa shape index (κ1) is 17.1. The summed E-state index contributed by atoms with van der Waals surface area (Å²) in [6.45, 7) is 7.58. The second-order valence-electron chi connectivity index (χ2n) is 8.59. The van der Waals surface area contributed by atoms with Crippen LogP contribution in [0.5, 0.6) is 0 Å². The van der Waals surface area contributed by atoms with Gasteiger partial charge in [-0.1, -0.05) is 47.5 Å². The van der Waals surface area contributed by atoms with Gasteiger partial charge in [0, 0.05) is 42.3 Å². The molecule has 0 radical (unpaired) electrons. The average molecular weight is 381 g/mol. The summed E-state index contributed by atoms with van der Waals surface area (Å²) in [5, 5.41) is 0.770. The normalized spacial score (nSPS) is 28.7. The van der Waals surface area contributed by atoms with Crippen molar-refractivity contribution in [2.75, 3.05) is 31.1 Å². The highest BCUT2D eigenvalue weighted by atomic mass is 35.5. The molecule has 0 bridgehead atoms. The molecular weight excluding hydrogens is 356 g/mol. The van der Waals surface area contributed by atoms with Gasteiger partial charge >= 0.3 is 0 Å². The minimum absolute atomic E-state index is 0.0869. The van der Waals surface area contributed by atoms with Gasteiger partial charge in [-0.25, -0.2) is 0 Å². The van der Waals surface area contributed by atoms with E-state index in [-0.39, 0.29) is 10.8 Å². The third-order valence-corrected chi connectivity index (χ3v) is 7.20. The molecule has 1 aliphatic heterocycles. The summed E-state index contributed by atoms with van der Waals surface area (Å²) in [4.78, 5) is 17.7. The highest BCUT2D eigenvalue weighted by Gasteiger charge is 2.87. The number of rotatable bonds is 3. The molecule has 2 aromatic rings. The third-order valence-electron chi connectivity index (χ3n) is 6.97. The number of aryl methyl sites for hydroxylation is 2. The molecule has 1 amide bonds. The van der Waals surface area contributed by atoms with Crippen LogP contribution >= 0.6 is 11.6 Å². The van der Waals surface area contributed by atoms with E-state index < -0.39 is 0 Å². The van der Waals surface area contributed by atoms with Crippen LogP contribution in [-0.2, 0) is 10.2 Å². The topological polar surface area (TPSA) is 23.6 Å². The Hall–Kier alpha value is -2.00. The molecule has 2 aliphatic carbocycles. The van der Waals surface area contributed by atoms with Crippen LogP contribution < -0.4 is 4.90 Å². The van der Waals surface area contributed by atoms with Crippen LogP contribution in [-0.4, -0.2) is 37.0 Å².